The van der Waals surface area contributed by atoms with E-state index in [1.807, 2.05) is 32.9 Å². The lowest BCUT2D eigenvalue weighted by Gasteiger charge is -2.39. The molecule has 0 bridgehead atoms. The van der Waals surface area contributed by atoms with Gasteiger partial charge in [-0.05, 0) is 80.8 Å². The molecule has 1 amide bonds. The maximum atomic E-state index is 13.5. The number of benzene rings is 2. The van der Waals surface area contributed by atoms with Crippen LogP contribution in [-0.4, -0.2) is 35.8 Å². The number of aryl methyl sites for hydroxylation is 2. The first-order valence-corrected chi connectivity index (χ1v) is 11.2. The molecule has 0 aromatic heterocycles. The van der Waals surface area contributed by atoms with Crippen LogP contribution in [0.5, 0.6) is 0 Å². The molecule has 4 nitrogen and oxygen atoms in total. The highest BCUT2D eigenvalue weighted by Crippen LogP contribution is 2.32. The molecule has 0 saturated carbocycles. The van der Waals surface area contributed by atoms with Crippen LogP contribution < -0.4 is 0 Å². The van der Waals surface area contributed by atoms with E-state index in [4.69, 9.17) is 9.47 Å². The third-order valence-electron chi connectivity index (χ3n) is 6.14. The Labute approximate surface area is 184 Å². The highest BCUT2D eigenvalue weighted by molar-refractivity contribution is 5.68. The van der Waals surface area contributed by atoms with Crippen LogP contribution in [0.4, 0.5) is 9.18 Å². The van der Waals surface area contributed by atoms with Crippen LogP contribution in [0.25, 0.3) is 0 Å². The number of piperidine rings is 1. The molecular weight excluding hydrogens is 393 g/mol. The van der Waals surface area contributed by atoms with E-state index in [0.29, 0.717) is 19.7 Å². The fourth-order valence-electron chi connectivity index (χ4n) is 4.59. The first-order chi connectivity index (χ1) is 14.8. The lowest BCUT2D eigenvalue weighted by Crippen LogP contribution is -2.48. The average molecular weight is 426 g/mol. The van der Waals surface area contributed by atoms with Crippen LogP contribution in [0.3, 0.4) is 0 Å². The number of rotatable bonds is 4. The van der Waals surface area contributed by atoms with Crippen molar-refractivity contribution in [2.45, 2.75) is 70.7 Å². The molecule has 2 aromatic rings. The van der Waals surface area contributed by atoms with E-state index in [1.165, 1.54) is 29.7 Å². The van der Waals surface area contributed by atoms with Crippen molar-refractivity contribution in [2.75, 3.05) is 13.1 Å². The van der Waals surface area contributed by atoms with E-state index in [-0.39, 0.29) is 23.9 Å². The van der Waals surface area contributed by atoms with Crippen molar-refractivity contribution in [3.8, 4) is 0 Å². The van der Waals surface area contributed by atoms with Crippen molar-refractivity contribution < 1.29 is 18.7 Å². The molecule has 1 saturated heterocycles. The van der Waals surface area contributed by atoms with Gasteiger partial charge in [0.25, 0.3) is 0 Å². The lowest BCUT2D eigenvalue weighted by molar-refractivity contribution is -0.0359. The van der Waals surface area contributed by atoms with Crippen molar-refractivity contribution in [3.05, 3.63) is 70.5 Å². The minimum atomic E-state index is -0.536. The zero-order valence-electron chi connectivity index (χ0n) is 18.7. The average Bonchev–Trinajstić information content (AvgIpc) is 3.19. The largest absolute Gasteiger partial charge is 0.444 e. The van der Waals surface area contributed by atoms with Crippen molar-refractivity contribution in [1.82, 2.24) is 4.90 Å². The molecule has 2 unspecified atom stereocenters. The summed E-state index contributed by atoms with van der Waals surface area (Å²) in [6.45, 7) is 7.17. The van der Waals surface area contributed by atoms with Gasteiger partial charge in [-0.3, -0.25) is 0 Å². The second kappa shape index (κ2) is 8.99. The van der Waals surface area contributed by atoms with Crippen LogP contribution >= 0.6 is 0 Å². The van der Waals surface area contributed by atoms with Gasteiger partial charge >= 0.3 is 6.09 Å². The summed E-state index contributed by atoms with van der Waals surface area (Å²) in [7, 11) is 0. The first kappa shape index (κ1) is 21.8. The molecule has 2 aliphatic rings. The molecule has 1 aliphatic heterocycles. The monoisotopic (exact) mass is 425 g/mol. The number of nitrogens with zero attached hydrogens (tertiary/aromatic N) is 1. The van der Waals surface area contributed by atoms with Crippen molar-refractivity contribution >= 4 is 6.09 Å². The molecule has 166 valence electrons. The van der Waals surface area contributed by atoms with Gasteiger partial charge in [0.2, 0.25) is 0 Å². The number of amides is 1. The predicted octanol–water partition coefficient (Wildman–Crippen LogP) is 5.62. The van der Waals surface area contributed by atoms with E-state index in [1.54, 1.807) is 4.90 Å². The Hall–Kier alpha value is -2.40. The van der Waals surface area contributed by atoms with Crippen LogP contribution in [0.2, 0.25) is 0 Å². The van der Waals surface area contributed by atoms with E-state index in [2.05, 4.69) is 18.2 Å². The Morgan fingerprint density at radius 2 is 1.84 bits per heavy atom. The van der Waals surface area contributed by atoms with Crippen LogP contribution in [0, 0.1) is 5.82 Å². The Kier molecular flexibility index (Phi) is 6.33. The minimum Gasteiger partial charge on any atom is -0.444 e. The number of carbonyl (C=O) groups excluding carboxylic acids is 1. The number of hydrogen-bond donors (Lipinski definition) is 0. The minimum absolute atomic E-state index is 0.105. The molecule has 31 heavy (non-hydrogen) atoms. The van der Waals surface area contributed by atoms with Gasteiger partial charge < -0.3 is 14.4 Å². The number of carbonyl (C=O) groups is 1. The Bertz CT molecular complexity index is 919. The Morgan fingerprint density at radius 1 is 1.10 bits per heavy atom. The van der Waals surface area contributed by atoms with Gasteiger partial charge in [0.05, 0.1) is 19.3 Å². The fourth-order valence-corrected chi connectivity index (χ4v) is 4.59. The van der Waals surface area contributed by atoms with Crippen LogP contribution in [0.1, 0.15) is 61.8 Å². The molecule has 2 aromatic carbocycles. The van der Waals surface area contributed by atoms with Gasteiger partial charge in [0.15, 0.2) is 0 Å². The molecule has 0 radical (unpaired) electrons. The number of hydrogen-bond acceptors (Lipinski definition) is 3. The number of fused-ring (bicyclic) bond motifs is 1. The molecule has 4 rings (SSSR count). The third kappa shape index (κ3) is 5.45. The molecule has 1 fully saturated rings. The van der Waals surface area contributed by atoms with Gasteiger partial charge in [-0.25, -0.2) is 9.18 Å². The normalized spacial score (nSPS) is 21.1. The molecule has 0 spiro atoms. The van der Waals surface area contributed by atoms with Gasteiger partial charge in [-0.1, -0.05) is 30.3 Å². The summed E-state index contributed by atoms with van der Waals surface area (Å²) in [5, 5.41) is 0. The van der Waals surface area contributed by atoms with Crippen molar-refractivity contribution in [1.29, 1.82) is 0 Å². The molecular formula is C26H32FNO3. The summed E-state index contributed by atoms with van der Waals surface area (Å²) >= 11 is 0. The first-order valence-electron chi connectivity index (χ1n) is 11.2. The number of likely N-dealkylation sites (tertiary alicyclic amines) is 1. The molecule has 0 N–H and O–H groups in total. The summed E-state index contributed by atoms with van der Waals surface area (Å²) in [4.78, 5) is 14.4. The number of halogens is 1. The summed E-state index contributed by atoms with van der Waals surface area (Å²) in [5.74, 6) is -0.140. The Morgan fingerprint density at radius 3 is 2.58 bits per heavy atom. The second-order valence-corrected chi connectivity index (χ2v) is 9.68. The third-order valence-corrected chi connectivity index (χ3v) is 6.14. The second-order valence-electron chi connectivity index (χ2n) is 9.68. The predicted molar refractivity (Wildman–Crippen MR) is 119 cm³/mol. The topological polar surface area (TPSA) is 38.8 Å². The van der Waals surface area contributed by atoms with E-state index in [9.17, 15) is 9.18 Å². The SMILES string of the molecule is CC(C)(C)OC(=O)N1CCC(c2ccc(F)cc2)C(OCc2ccc3c(c2)CCC3)C1. The quantitative estimate of drug-likeness (QED) is 0.638. The van der Waals surface area contributed by atoms with E-state index in [0.717, 1.165) is 30.4 Å². The zero-order chi connectivity index (χ0) is 22.0. The standard InChI is InChI=1S/C26H32FNO3/c1-26(2,3)31-25(29)28-14-13-23(20-9-11-22(27)12-10-20)24(16-28)30-17-18-7-8-19-5-4-6-21(19)15-18/h7-12,15,23-24H,4-6,13-14,16-17H2,1-3H3. The maximum Gasteiger partial charge on any atom is 0.410 e. The summed E-state index contributed by atoms with van der Waals surface area (Å²) in [5.41, 5.74) is 4.54. The Balaban J connectivity index is 1.49. The highest BCUT2D eigenvalue weighted by Gasteiger charge is 2.35. The maximum absolute atomic E-state index is 13.5. The summed E-state index contributed by atoms with van der Waals surface area (Å²) < 4.78 is 25.4. The summed E-state index contributed by atoms with van der Waals surface area (Å²) in [6.07, 6.45) is 3.78. The van der Waals surface area contributed by atoms with Crippen molar-refractivity contribution in [2.24, 2.45) is 0 Å². The number of ether oxygens (including phenoxy) is 2. The van der Waals surface area contributed by atoms with Crippen LogP contribution in [-0.2, 0) is 28.9 Å². The molecule has 1 aliphatic carbocycles. The van der Waals surface area contributed by atoms with Gasteiger partial charge in [-0.2, -0.15) is 0 Å². The molecule has 1 heterocycles. The smallest absolute Gasteiger partial charge is 0.410 e. The van der Waals surface area contributed by atoms with Gasteiger partial charge in [0.1, 0.15) is 11.4 Å². The van der Waals surface area contributed by atoms with E-state index >= 15 is 0 Å². The highest BCUT2D eigenvalue weighted by atomic mass is 19.1. The summed E-state index contributed by atoms with van der Waals surface area (Å²) in [6, 6.07) is 13.3. The zero-order valence-corrected chi connectivity index (χ0v) is 18.7. The molecule has 5 heteroatoms. The van der Waals surface area contributed by atoms with Gasteiger partial charge in [-0.15, -0.1) is 0 Å². The lowest BCUT2D eigenvalue weighted by atomic mass is 9.87. The van der Waals surface area contributed by atoms with E-state index < -0.39 is 5.60 Å². The fraction of sp³-hybridized carbons (Fsp3) is 0.500. The van der Waals surface area contributed by atoms with Crippen LogP contribution in [0.15, 0.2) is 42.5 Å². The van der Waals surface area contributed by atoms with Gasteiger partial charge in [0, 0.05) is 12.5 Å². The molecule has 2 atom stereocenters. The van der Waals surface area contributed by atoms with Crippen molar-refractivity contribution in [3.63, 3.8) is 0 Å².